The summed E-state index contributed by atoms with van der Waals surface area (Å²) >= 11 is 0. The standard InChI is InChI=1S/C13H17N3O2S/c1-14-10-5-4-8-16(9-10)13-11-6-2-3-7-12(11)19(17,18)15-13/h2-3,6-7,10,14H,4-5,8-9H2,1H3/t10-/m1/s1. The van der Waals surface area contributed by atoms with Crippen LogP contribution in [0.15, 0.2) is 33.6 Å². The molecule has 2 aliphatic heterocycles. The number of hydrogen-bond acceptors (Lipinski definition) is 4. The Kier molecular flexibility index (Phi) is 3.06. The largest absolute Gasteiger partial charge is 0.354 e. The number of nitrogens with one attached hydrogen (secondary N) is 1. The molecule has 102 valence electrons. The summed E-state index contributed by atoms with van der Waals surface area (Å²) in [7, 11) is -1.56. The van der Waals surface area contributed by atoms with Crippen LogP contribution < -0.4 is 5.32 Å². The maximum atomic E-state index is 12.0. The van der Waals surface area contributed by atoms with Crippen molar-refractivity contribution in [3.05, 3.63) is 29.8 Å². The van der Waals surface area contributed by atoms with E-state index < -0.39 is 10.0 Å². The minimum Gasteiger partial charge on any atom is -0.354 e. The highest BCUT2D eigenvalue weighted by Gasteiger charge is 2.33. The third-order valence-corrected chi connectivity index (χ3v) is 5.07. The molecule has 5 nitrogen and oxygen atoms in total. The Hall–Kier alpha value is -1.40. The summed E-state index contributed by atoms with van der Waals surface area (Å²) in [6.45, 7) is 1.67. The molecule has 6 heteroatoms. The summed E-state index contributed by atoms with van der Waals surface area (Å²) in [4.78, 5) is 2.41. The third-order valence-electron chi connectivity index (χ3n) is 3.74. The Labute approximate surface area is 113 Å². The molecule has 1 saturated heterocycles. The second kappa shape index (κ2) is 4.61. The summed E-state index contributed by atoms with van der Waals surface area (Å²) in [6.07, 6.45) is 2.17. The number of rotatable bonds is 1. The first-order chi connectivity index (χ1) is 9.12. The fraction of sp³-hybridized carbons (Fsp3) is 0.462. The van der Waals surface area contributed by atoms with Crippen molar-refractivity contribution in [2.45, 2.75) is 23.8 Å². The number of piperidine rings is 1. The van der Waals surface area contributed by atoms with Gasteiger partial charge in [-0.05, 0) is 32.0 Å². The fourth-order valence-corrected chi connectivity index (χ4v) is 3.95. The van der Waals surface area contributed by atoms with E-state index in [-0.39, 0.29) is 0 Å². The molecule has 0 aromatic heterocycles. The van der Waals surface area contributed by atoms with E-state index in [1.165, 1.54) is 0 Å². The molecule has 19 heavy (non-hydrogen) atoms. The highest BCUT2D eigenvalue weighted by atomic mass is 32.2. The minimum atomic E-state index is -3.50. The molecule has 0 spiro atoms. The van der Waals surface area contributed by atoms with Crippen LogP contribution in [0.4, 0.5) is 0 Å². The van der Waals surface area contributed by atoms with Crippen molar-refractivity contribution in [1.82, 2.24) is 10.2 Å². The van der Waals surface area contributed by atoms with Crippen LogP contribution in [0, 0.1) is 0 Å². The van der Waals surface area contributed by atoms with Gasteiger partial charge in [0.25, 0.3) is 10.0 Å². The second-order valence-electron chi connectivity index (χ2n) is 4.96. The average molecular weight is 279 g/mol. The zero-order valence-corrected chi connectivity index (χ0v) is 11.7. The van der Waals surface area contributed by atoms with Crippen LogP contribution in [0.3, 0.4) is 0 Å². The third kappa shape index (κ3) is 2.15. The number of likely N-dealkylation sites (tertiary alicyclic amines) is 1. The van der Waals surface area contributed by atoms with E-state index in [1.54, 1.807) is 12.1 Å². The maximum Gasteiger partial charge on any atom is 0.285 e. The second-order valence-corrected chi connectivity index (χ2v) is 6.53. The van der Waals surface area contributed by atoms with Crippen molar-refractivity contribution >= 4 is 15.9 Å². The van der Waals surface area contributed by atoms with E-state index in [4.69, 9.17) is 0 Å². The Morgan fingerprint density at radius 1 is 1.37 bits per heavy atom. The van der Waals surface area contributed by atoms with Crippen LogP contribution >= 0.6 is 0 Å². The molecule has 0 amide bonds. The number of nitrogens with zero attached hydrogens (tertiary/aromatic N) is 2. The lowest BCUT2D eigenvalue weighted by molar-refractivity contribution is 0.286. The van der Waals surface area contributed by atoms with Gasteiger partial charge in [0.15, 0.2) is 5.84 Å². The van der Waals surface area contributed by atoms with Crippen molar-refractivity contribution in [2.24, 2.45) is 4.40 Å². The molecule has 0 bridgehead atoms. The Bertz CT molecular complexity index is 625. The van der Waals surface area contributed by atoms with Crippen LogP contribution in [0.2, 0.25) is 0 Å². The topological polar surface area (TPSA) is 61.8 Å². The molecule has 0 unspecified atom stereocenters. The smallest absolute Gasteiger partial charge is 0.285 e. The normalized spacial score (nSPS) is 25.0. The number of fused-ring (bicyclic) bond motifs is 1. The van der Waals surface area contributed by atoms with Gasteiger partial charge in [0.2, 0.25) is 0 Å². The van der Waals surface area contributed by atoms with Gasteiger partial charge in [-0.1, -0.05) is 12.1 Å². The summed E-state index contributed by atoms with van der Waals surface area (Å²) < 4.78 is 28.0. The molecule has 2 heterocycles. The van der Waals surface area contributed by atoms with Crippen molar-refractivity contribution in [1.29, 1.82) is 0 Å². The minimum absolute atomic E-state index is 0.330. The molecule has 2 aliphatic rings. The fourth-order valence-electron chi connectivity index (χ4n) is 2.72. The molecule has 1 atom stereocenters. The van der Waals surface area contributed by atoms with Gasteiger partial charge in [0.1, 0.15) is 4.90 Å². The van der Waals surface area contributed by atoms with Gasteiger partial charge in [-0.3, -0.25) is 0 Å². The Balaban J connectivity index is 1.98. The maximum absolute atomic E-state index is 12.0. The van der Waals surface area contributed by atoms with Crippen molar-refractivity contribution in [3.8, 4) is 0 Å². The molecule has 1 N–H and O–H groups in total. The zero-order chi connectivity index (χ0) is 13.5. The molecule has 1 aromatic rings. The quantitative estimate of drug-likeness (QED) is 0.827. The Morgan fingerprint density at radius 3 is 2.95 bits per heavy atom. The van der Waals surface area contributed by atoms with Crippen molar-refractivity contribution in [2.75, 3.05) is 20.1 Å². The van der Waals surface area contributed by atoms with Gasteiger partial charge >= 0.3 is 0 Å². The average Bonchev–Trinajstić information content (AvgIpc) is 2.72. The SMILES string of the molecule is CN[C@@H]1CCCN(C2=NS(=O)(=O)c3ccccc32)C1. The summed E-state index contributed by atoms with van der Waals surface area (Å²) in [5, 5.41) is 3.26. The number of amidine groups is 1. The lowest BCUT2D eigenvalue weighted by atomic mass is 10.0. The molecule has 0 aliphatic carbocycles. The van der Waals surface area contributed by atoms with Crippen LogP contribution in [0.5, 0.6) is 0 Å². The number of benzene rings is 1. The Morgan fingerprint density at radius 2 is 2.16 bits per heavy atom. The zero-order valence-electron chi connectivity index (χ0n) is 10.8. The van der Waals surface area contributed by atoms with Gasteiger partial charge in [0, 0.05) is 24.7 Å². The number of hydrogen-bond donors (Lipinski definition) is 1. The molecular formula is C13H17N3O2S. The lowest BCUT2D eigenvalue weighted by Crippen LogP contribution is -2.46. The molecule has 1 fully saturated rings. The molecular weight excluding hydrogens is 262 g/mol. The van der Waals surface area contributed by atoms with Gasteiger partial charge in [-0.15, -0.1) is 4.40 Å². The van der Waals surface area contributed by atoms with Crippen LogP contribution in [0.1, 0.15) is 18.4 Å². The van der Waals surface area contributed by atoms with Gasteiger partial charge < -0.3 is 10.2 Å². The predicted octanol–water partition coefficient (Wildman–Crippen LogP) is 0.819. The molecule has 0 radical (unpaired) electrons. The summed E-state index contributed by atoms with van der Waals surface area (Å²) in [5.74, 6) is 0.607. The van der Waals surface area contributed by atoms with Crippen molar-refractivity contribution in [3.63, 3.8) is 0 Å². The van der Waals surface area contributed by atoms with E-state index in [0.717, 1.165) is 31.5 Å². The van der Waals surface area contributed by atoms with E-state index in [9.17, 15) is 8.42 Å². The predicted molar refractivity (Wildman–Crippen MR) is 73.8 cm³/mol. The highest BCUT2D eigenvalue weighted by molar-refractivity contribution is 7.90. The van der Waals surface area contributed by atoms with Crippen LogP contribution in [-0.4, -0.2) is 45.3 Å². The van der Waals surface area contributed by atoms with Gasteiger partial charge in [-0.2, -0.15) is 8.42 Å². The first-order valence-corrected chi connectivity index (χ1v) is 7.92. The monoisotopic (exact) mass is 279 g/mol. The lowest BCUT2D eigenvalue weighted by Gasteiger charge is -2.33. The number of sulfonamides is 1. The first kappa shape index (κ1) is 12.6. The molecule has 0 saturated carbocycles. The summed E-state index contributed by atoms with van der Waals surface area (Å²) in [6, 6.07) is 7.45. The van der Waals surface area contributed by atoms with Crippen LogP contribution in [-0.2, 0) is 10.0 Å². The number of likely N-dealkylation sites (N-methyl/N-ethyl adjacent to an activating group) is 1. The van der Waals surface area contributed by atoms with Gasteiger partial charge in [0.05, 0.1) is 0 Å². The molecule has 1 aromatic carbocycles. The first-order valence-electron chi connectivity index (χ1n) is 6.48. The van der Waals surface area contributed by atoms with Crippen molar-refractivity contribution < 1.29 is 8.42 Å². The van der Waals surface area contributed by atoms with E-state index >= 15 is 0 Å². The van der Waals surface area contributed by atoms with E-state index in [1.807, 2.05) is 19.2 Å². The van der Waals surface area contributed by atoms with E-state index in [2.05, 4.69) is 14.6 Å². The van der Waals surface area contributed by atoms with Gasteiger partial charge in [-0.25, -0.2) is 0 Å². The van der Waals surface area contributed by atoms with E-state index in [0.29, 0.717) is 16.8 Å². The molecule has 3 rings (SSSR count). The summed E-state index contributed by atoms with van der Waals surface area (Å²) in [5.41, 5.74) is 0.735. The van der Waals surface area contributed by atoms with Crippen LogP contribution in [0.25, 0.3) is 0 Å². The highest BCUT2D eigenvalue weighted by Crippen LogP contribution is 2.28.